The highest BCUT2D eigenvalue weighted by Crippen LogP contribution is 2.19. The lowest BCUT2D eigenvalue weighted by Crippen LogP contribution is -2.34. The molecule has 31 heavy (non-hydrogen) atoms. The Bertz CT molecular complexity index is 1080. The predicted octanol–water partition coefficient (Wildman–Crippen LogP) is 5.26. The highest BCUT2D eigenvalue weighted by Gasteiger charge is 2.15. The van der Waals surface area contributed by atoms with Crippen LogP contribution in [0, 0.1) is 0 Å². The van der Waals surface area contributed by atoms with Crippen molar-refractivity contribution in [3.8, 4) is 0 Å². The van der Waals surface area contributed by atoms with Gasteiger partial charge in [-0.15, -0.1) is 0 Å². The minimum Gasteiger partial charge on any atom is -0.444 e. The zero-order chi connectivity index (χ0) is 22.3. The SMILES string of the molecule is CC(C)(C)OC(=O)NCCC(=O)Nc1ccc(C=Cc2ccnc3ccccc23)cc1. The van der Waals surface area contributed by atoms with Gasteiger partial charge in [-0.1, -0.05) is 42.5 Å². The van der Waals surface area contributed by atoms with Crippen molar-refractivity contribution in [3.05, 3.63) is 71.9 Å². The molecule has 3 rings (SSSR count). The van der Waals surface area contributed by atoms with Crippen LogP contribution in [0.1, 0.15) is 38.3 Å². The summed E-state index contributed by atoms with van der Waals surface area (Å²) in [6.45, 7) is 5.58. The zero-order valence-electron chi connectivity index (χ0n) is 18.0. The maximum atomic E-state index is 12.1. The van der Waals surface area contributed by atoms with Gasteiger partial charge in [-0.2, -0.15) is 0 Å². The summed E-state index contributed by atoms with van der Waals surface area (Å²) in [7, 11) is 0. The first-order chi connectivity index (χ1) is 14.8. The Morgan fingerprint density at radius 2 is 1.74 bits per heavy atom. The highest BCUT2D eigenvalue weighted by atomic mass is 16.6. The van der Waals surface area contributed by atoms with Crippen LogP contribution in [0.25, 0.3) is 23.1 Å². The molecular weight excluding hydrogens is 390 g/mol. The van der Waals surface area contributed by atoms with Gasteiger partial charge in [-0.25, -0.2) is 4.79 Å². The Labute approximate surface area is 182 Å². The van der Waals surface area contributed by atoms with Crippen molar-refractivity contribution >= 4 is 40.7 Å². The molecule has 1 heterocycles. The summed E-state index contributed by atoms with van der Waals surface area (Å²) in [5.74, 6) is -0.178. The third-order valence-electron chi connectivity index (χ3n) is 4.35. The quantitative estimate of drug-likeness (QED) is 0.573. The number of para-hydroxylation sites is 1. The number of rotatable bonds is 6. The Hall–Kier alpha value is -3.67. The molecule has 6 heteroatoms. The largest absolute Gasteiger partial charge is 0.444 e. The van der Waals surface area contributed by atoms with E-state index in [1.165, 1.54) is 0 Å². The average Bonchev–Trinajstić information content (AvgIpc) is 2.72. The number of aromatic nitrogens is 1. The van der Waals surface area contributed by atoms with Crippen LogP contribution in [-0.2, 0) is 9.53 Å². The van der Waals surface area contributed by atoms with E-state index in [2.05, 4.69) is 27.8 Å². The first kappa shape index (κ1) is 22.0. The molecule has 3 aromatic rings. The first-order valence-corrected chi connectivity index (χ1v) is 10.2. The standard InChI is InChI=1S/C25H27N3O3/c1-25(2,3)31-24(30)27-17-15-23(29)28-20-12-9-18(10-13-20)8-11-19-14-16-26-22-7-5-4-6-21(19)22/h4-14,16H,15,17H2,1-3H3,(H,27,30)(H,28,29). The summed E-state index contributed by atoms with van der Waals surface area (Å²) < 4.78 is 5.14. The van der Waals surface area contributed by atoms with Crippen molar-refractivity contribution in [3.63, 3.8) is 0 Å². The lowest BCUT2D eigenvalue weighted by atomic mass is 10.1. The molecule has 1 aromatic heterocycles. The molecule has 0 radical (unpaired) electrons. The smallest absolute Gasteiger partial charge is 0.407 e. The van der Waals surface area contributed by atoms with Gasteiger partial charge in [0.2, 0.25) is 5.91 Å². The minimum absolute atomic E-state index is 0.163. The molecule has 0 fully saturated rings. The van der Waals surface area contributed by atoms with Gasteiger partial charge in [0, 0.05) is 30.2 Å². The number of hydrogen-bond donors (Lipinski definition) is 2. The molecule has 0 aliphatic rings. The number of nitrogens with one attached hydrogen (secondary N) is 2. The van der Waals surface area contributed by atoms with Crippen LogP contribution in [-0.4, -0.2) is 29.1 Å². The highest BCUT2D eigenvalue weighted by molar-refractivity contribution is 5.92. The topological polar surface area (TPSA) is 80.3 Å². The molecule has 2 amide bonds. The normalized spacial score (nSPS) is 11.5. The van der Waals surface area contributed by atoms with Crippen LogP contribution in [0.3, 0.4) is 0 Å². The molecule has 0 bridgehead atoms. The van der Waals surface area contributed by atoms with Gasteiger partial charge in [0.25, 0.3) is 0 Å². The first-order valence-electron chi connectivity index (χ1n) is 10.2. The summed E-state index contributed by atoms with van der Waals surface area (Å²) in [5, 5.41) is 6.50. The minimum atomic E-state index is -0.562. The van der Waals surface area contributed by atoms with E-state index in [1.54, 1.807) is 27.0 Å². The Kier molecular flexibility index (Phi) is 7.03. The lowest BCUT2D eigenvalue weighted by Gasteiger charge is -2.19. The molecule has 0 spiro atoms. The van der Waals surface area contributed by atoms with E-state index in [0.29, 0.717) is 5.69 Å². The molecule has 0 aliphatic carbocycles. The Morgan fingerprint density at radius 1 is 1.00 bits per heavy atom. The summed E-state index contributed by atoms with van der Waals surface area (Å²) >= 11 is 0. The fourth-order valence-corrected chi connectivity index (χ4v) is 2.94. The summed E-state index contributed by atoms with van der Waals surface area (Å²) in [4.78, 5) is 28.1. The number of hydrogen-bond acceptors (Lipinski definition) is 4. The van der Waals surface area contributed by atoms with Crippen molar-refractivity contribution in [1.82, 2.24) is 10.3 Å². The van der Waals surface area contributed by atoms with Crippen LogP contribution < -0.4 is 10.6 Å². The Morgan fingerprint density at radius 3 is 2.48 bits per heavy atom. The second-order valence-corrected chi connectivity index (χ2v) is 8.10. The molecule has 160 valence electrons. The van der Waals surface area contributed by atoms with Crippen LogP contribution in [0.5, 0.6) is 0 Å². The van der Waals surface area contributed by atoms with Gasteiger partial charge in [-0.3, -0.25) is 9.78 Å². The number of fused-ring (bicyclic) bond motifs is 1. The molecule has 0 saturated heterocycles. The number of amides is 2. The number of anilines is 1. The van der Waals surface area contributed by atoms with E-state index in [1.807, 2.05) is 54.6 Å². The lowest BCUT2D eigenvalue weighted by molar-refractivity contribution is -0.116. The number of ether oxygens (including phenoxy) is 1. The van der Waals surface area contributed by atoms with Gasteiger partial charge in [-0.05, 0) is 56.2 Å². The van der Waals surface area contributed by atoms with Crippen LogP contribution >= 0.6 is 0 Å². The number of nitrogens with zero attached hydrogens (tertiary/aromatic N) is 1. The van der Waals surface area contributed by atoms with Crippen molar-refractivity contribution in [2.24, 2.45) is 0 Å². The predicted molar refractivity (Wildman–Crippen MR) is 125 cm³/mol. The number of alkyl carbamates (subject to hydrolysis) is 1. The van der Waals surface area contributed by atoms with E-state index in [0.717, 1.165) is 22.0 Å². The number of benzene rings is 2. The van der Waals surface area contributed by atoms with Crippen LogP contribution in [0.2, 0.25) is 0 Å². The number of carbonyl (C=O) groups is 2. The molecule has 2 N–H and O–H groups in total. The monoisotopic (exact) mass is 417 g/mol. The van der Waals surface area contributed by atoms with Crippen molar-refractivity contribution < 1.29 is 14.3 Å². The van der Waals surface area contributed by atoms with Gasteiger partial charge in [0.05, 0.1) is 5.52 Å². The third kappa shape index (κ3) is 6.96. The molecule has 0 unspecified atom stereocenters. The zero-order valence-corrected chi connectivity index (χ0v) is 18.0. The summed E-state index contributed by atoms with van der Waals surface area (Å²) in [5.41, 5.74) is 3.22. The van der Waals surface area contributed by atoms with Crippen LogP contribution in [0.15, 0.2) is 60.8 Å². The van der Waals surface area contributed by atoms with E-state index >= 15 is 0 Å². The second kappa shape index (κ2) is 9.89. The van der Waals surface area contributed by atoms with Gasteiger partial charge >= 0.3 is 6.09 Å². The molecule has 0 atom stereocenters. The molecule has 2 aromatic carbocycles. The number of carbonyl (C=O) groups excluding carboxylic acids is 2. The van der Waals surface area contributed by atoms with Crippen molar-refractivity contribution in [1.29, 1.82) is 0 Å². The van der Waals surface area contributed by atoms with Gasteiger partial charge < -0.3 is 15.4 Å². The van der Waals surface area contributed by atoms with E-state index < -0.39 is 11.7 Å². The average molecular weight is 418 g/mol. The number of pyridine rings is 1. The van der Waals surface area contributed by atoms with Gasteiger partial charge in [0.15, 0.2) is 0 Å². The van der Waals surface area contributed by atoms with E-state index in [9.17, 15) is 9.59 Å². The molecule has 0 aliphatic heterocycles. The van der Waals surface area contributed by atoms with Gasteiger partial charge in [0.1, 0.15) is 5.60 Å². The van der Waals surface area contributed by atoms with E-state index in [4.69, 9.17) is 4.74 Å². The van der Waals surface area contributed by atoms with E-state index in [-0.39, 0.29) is 18.9 Å². The fraction of sp³-hybridized carbons (Fsp3) is 0.240. The van der Waals surface area contributed by atoms with Crippen LogP contribution in [0.4, 0.5) is 10.5 Å². The fourth-order valence-electron chi connectivity index (χ4n) is 2.94. The maximum absolute atomic E-state index is 12.1. The van der Waals surface area contributed by atoms with Crippen molar-refractivity contribution in [2.45, 2.75) is 32.8 Å². The Balaban J connectivity index is 1.51. The third-order valence-corrected chi connectivity index (χ3v) is 4.35. The molecular formula is C25H27N3O3. The second-order valence-electron chi connectivity index (χ2n) is 8.10. The molecule has 0 saturated carbocycles. The summed E-state index contributed by atoms with van der Waals surface area (Å²) in [6.07, 6.45) is 5.52. The molecule has 6 nitrogen and oxygen atoms in total. The van der Waals surface area contributed by atoms with Crippen molar-refractivity contribution in [2.75, 3.05) is 11.9 Å². The maximum Gasteiger partial charge on any atom is 0.407 e. The summed E-state index contributed by atoms with van der Waals surface area (Å²) in [6, 6.07) is 17.6.